The van der Waals surface area contributed by atoms with Gasteiger partial charge in [-0.15, -0.1) is 0 Å². The van der Waals surface area contributed by atoms with Crippen molar-refractivity contribution in [1.29, 1.82) is 0 Å². The van der Waals surface area contributed by atoms with Crippen LogP contribution >= 0.6 is 11.6 Å². The molecule has 0 saturated carbocycles. The van der Waals surface area contributed by atoms with E-state index in [0.717, 1.165) is 0 Å². The van der Waals surface area contributed by atoms with Gasteiger partial charge in [-0.3, -0.25) is 4.68 Å². The third-order valence-corrected chi connectivity index (χ3v) is 1.74. The maximum atomic E-state index is 5.63. The quantitative estimate of drug-likeness (QED) is 0.742. The summed E-state index contributed by atoms with van der Waals surface area (Å²) in [6.07, 6.45) is 1.78. The summed E-state index contributed by atoms with van der Waals surface area (Å²) in [6, 6.07) is 1.77. The summed E-state index contributed by atoms with van der Waals surface area (Å²) in [6.45, 7) is 0. The number of nitrogens with zero attached hydrogens (tertiary/aromatic N) is 5. The van der Waals surface area contributed by atoms with Crippen molar-refractivity contribution in [3.05, 3.63) is 17.5 Å². The van der Waals surface area contributed by atoms with Crippen molar-refractivity contribution in [2.24, 2.45) is 7.05 Å². The summed E-state index contributed by atoms with van der Waals surface area (Å²) in [4.78, 5) is 11.5. The number of nitrogens with two attached hydrogens (primary N) is 1. The lowest BCUT2D eigenvalue weighted by molar-refractivity contribution is 0.768. The van der Waals surface area contributed by atoms with Crippen LogP contribution in [0.3, 0.4) is 0 Å². The van der Waals surface area contributed by atoms with Crippen molar-refractivity contribution in [3.8, 4) is 11.5 Å². The van der Waals surface area contributed by atoms with E-state index < -0.39 is 0 Å². The Morgan fingerprint density at radius 1 is 1.36 bits per heavy atom. The maximum Gasteiger partial charge on any atom is 0.227 e. The number of aryl methyl sites for hydroxylation is 1. The zero-order valence-electron chi connectivity index (χ0n) is 7.35. The van der Waals surface area contributed by atoms with Crippen LogP contribution in [0.15, 0.2) is 12.3 Å². The first kappa shape index (κ1) is 8.89. The second kappa shape index (κ2) is 3.22. The standard InChI is InChI=1S/C7H7ClN6/c1-14-3-2-4(13-14)5-10-6(8)12-7(9)11-5/h2-3H,1H3,(H2,9,10,11,12). The lowest BCUT2D eigenvalue weighted by atomic mass is 10.4. The van der Waals surface area contributed by atoms with Crippen LogP contribution in [-0.4, -0.2) is 24.7 Å². The predicted octanol–water partition coefficient (Wildman–Crippen LogP) is 0.508. The SMILES string of the molecule is Cn1ccc(-c2nc(N)nc(Cl)n2)n1. The lowest BCUT2D eigenvalue weighted by Crippen LogP contribution is -2.00. The van der Waals surface area contributed by atoms with E-state index in [-0.39, 0.29) is 11.2 Å². The molecule has 0 atom stereocenters. The molecule has 7 heteroatoms. The van der Waals surface area contributed by atoms with Crippen LogP contribution in [0, 0.1) is 0 Å². The molecule has 0 aliphatic rings. The summed E-state index contributed by atoms with van der Waals surface area (Å²) in [7, 11) is 1.80. The maximum absolute atomic E-state index is 5.63. The first-order valence-corrected chi connectivity index (χ1v) is 4.20. The number of aromatic nitrogens is 5. The Hall–Kier alpha value is -1.69. The first-order valence-electron chi connectivity index (χ1n) is 3.82. The smallest absolute Gasteiger partial charge is 0.227 e. The zero-order chi connectivity index (χ0) is 10.1. The van der Waals surface area contributed by atoms with Crippen molar-refractivity contribution in [2.75, 3.05) is 5.73 Å². The normalized spacial score (nSPS) is 10.4. The van der Waals surface area contributed by atoms with Gasteiger partial charge >= 0.3 is 0 Å². The Morgan fingerprint density at radius 3 is 2.71 bits per heavy atom. The molecular weight excluding hydrogens is 204 g/mol. The van der Waals surface area contributed by atoms with Crippen LogP contribution in [-0.2, 0) is 7.05 Å². The number of nitrogen functional groups attached to an aromatic ring is 1. The molecule has 0 spiro atoms. The van der Waals surface area contributed by atoms with Crippen molar-refractivity contribution < 1.29 is 0 Å². The number of hydrogen-bond acceptors (Lipinski definition) is 5. The average molecular weight is 211 g/mol. The molecule has 0 radical (unpaired) electrons. The second-order valence-electron chi connectivity index (χ2n) is 2.66. The molecule has 0 unspecified atom stereocenters. The van der Waals surface area contributed by atoms with Gasteiger partial charge in [0.15, 0.2) is 5.82 Å². The fourth-order valence-corrected chi connectivity index (χ4v) is 1.18. The number of hydrogen-bond donors (Lipinski definition) is 1. The average Bonchev–Trinajstić information content (AvgIpc) is 2.50. The Bertz CT molecular complexity index is 445. The van der Waals surface area contributed by atoms with Crippen LogP contribution in [0.4, 0.5) is 5.95 Å². The first-order chi connectivity index (χ1) is 6.65. The monoisotopic (exact) mass is 210 g/mol. The minimum Gasteiger partial charge on any atom is -0.368 e. The molecule has 72 valence electrons. The van der Waals surface area contributed by atoms with Crippen LogP contribution < -0.4 is 5.73 Å². The van der Waals surface area contributed by atoms with E-state index in [9.17, 15) is 0 Å². The van der Waals surface area contributed by atoms with E-state index in [1.165, 1.54) is 0 Å². The van der Waals surface area contributed by atoms with E-state index in [1.54, 1.807) is 24.0 Å². The van der Waals surface area contributed by atoms with E-state index in [1.807, 2.05) is 0 Å². The lowest BCUT2D eigenvalue weighted by Gasteiger charge is -1.96. The Labute approximate surface area is 84.8 Å². The highest BCUT2D eigenvalue weighted by molar-refractivity contribution is 6.28. The number of anilines is 1. The van der Waals surface area contributed by atoms with Gasteiger partial charge in [-0.2, -0.15) is 20.1 Å². The second-order valence-corrected chi connectivity index (χ2v) is 3.00. The van der Waals surface area contributed by atoms with Crippen LogP contribution in [0.25, 0.3) is 11.5 Å². The van der Waals surface area contributed by atoms with Gasteiger partial charge in [0.05, 0.1) is 0 Å². The van der Waals surface area contributed by atoms with Crippen molar-refractivity contribution in [2.45, 2.75) is 0 Å². The molecule has 0 aliphatic heterocycles. The summed E-state index contributed by atoms with van der Waals surface area (Å²) >= 11 is 5.63. The van der Waals surface area contributed by atoms with Crippen molar-refractivity contribution in [3.63, 3.8) is 0 Å². The molecule has 0 bridgehead atoms. The van der Waals surface area contributed by atoms with Gasteiger partial charge in [0, 0.05) is 13.2 Å². The molecule has 2 heterocycles. The summed E-state index contributed by atoms with van der Waals surface area (Å²) in [5.41, 5.74) is 6.04. The molecule has 2 aromatic heterocycles. The Balaban J connectivity index is 2.51. The Kier molecular flexibility index (Phi) is 2.05. The van der Waals surface area contributed by atoms with Crippen molar-refractivity contribution >= 4 is 17.5 Å². The van der Waals surface area contributed by atoms with Gasteiger partial charge in [0.1, 0.15) is 5.69 Å². The fraction of sp³-hybridized carbons (Fsp3) is 0.143. The molecule has 0 aromatic carbocycles. The molecule has 0 saturated heterocycles. The van der Waals surface area contributed by atoms with Gasteiger partial charge in [-0.1, -0.05) is 0 Å². The molecule has 0 amide bonds. The van der Waals surface area contributed by atoms with E-state index in [4.69, 9.17) is 17.3 Å². The fourth-order valence-electron chi connectivity index (χ4n) is 1.01. The third-order valence-electron chi connectivity index (χ3n) is 1.57. The number of halogens is 1. The van der Waals surface area contributed by atoms with Crippen LogP contribution in [0.1, 0.15) is 0 Å². The molecule has 2 aromatic rings. The molecule has 0 fully saturated rings. The minimum absolute atomic E-state index is 0.0677. The van der Waals surface area contributed by atoms with Gasteiger partial charge in [-0.25, -0.2) is 0 Å². The molecule has 6 nitrogen and oxygen atoms in total. The molecule has 14 heavy (non-hydrogen) atoms. The van der Waals surface area contributed by atoms with Gasteiger partial charge in [-0.05, 0) is 17.7 Å². The molecule has 2 N–H and O–H groups in total. The van der Waals surface area contributed by atoms with Gasteiger partial charge in [0.2, 0.25) is 11.2 Å². The van der Waals surface area contributed by atoms with Crippen LogP contribution in [0.5, 0.6) is 0 Å². The van der Waals surface area contributed by atoms with Gasteiger partial charge in [0.25, 0.3) is 0 Å². The Morgan fingerprint density at radius 2 is 2.14 bits per heavy atom. The topological polar surface area (TPSA) is 82.5 Å². The largest absolute Gasteiger partial charge is 0.368 e. The molecular formula is C7H7ClN6. The molecule has 2 rings (SSSR count). The van der Waals surface area contributed by atoms with E-state index >= 15 is 0 Å². The highest BCUT2D eigenvalue weighted by atomic mass is 35.5. The number of rotatable bonds is 1. The highest BCUT2D eigenvalue weighted by Crippen LogP contribution is 2.13. The minimum atomic E-state index is 0.0677. The summed E-state index contributed by atoms with van der Waals surface area (Å²) < 4.78 is 1.64. The predicted molar refractivity (Wildman–Crippen MR) is 51.5 cm³/mol. The van der Waals surface area contributed by atoms with Gasteiger partial charge < -0.3 is 5.73 Å². The third kappa shape index (κ3) is 1.64. The van der Waals surface area contributed by atoms with Crippen molar-refractivity contribution in [1.82, 2.24) is 24.7 Å². The van der Waals surface area contributed by atoms with Crippen LogP contribution in [0.2, 0.25) is 5.28 Å². The van der Waals surface area contributed by atoms with E-state index in [2.05, 4.69) is 20.1 Å². The zero-order valence-corrected chi connectivity index (χ0v) is 8.10. The summed E-state index contributed by atoms with van der Waals surface area (Å²) in [5, 5.41) is 4.18. The van der Waals surface area contributed by atoms with E-state index in [0.29, 0.717) is 11.5 Å². The summed E-state index contributed by atoms with van der Waals surface area (Å²) in [5.74, 6) is 0.466. The highest BCUT2D eigenvalue weighted by Gasteiger charge is 2.07. The molecule has 0 aliphatic carbocycles.